The molecule has 2 aromatic carbocycles. The summed E-state index contributed by atoms with van der Waals surface area (Å²) in [4.78, 5) is 27.4. The number of carbonyl (C=O) groups excluding carboxylic acids is 1. The predicted octanol–water partition coefficient (Wildman–Crippen LogP) is 2.79. The SMILES string of the molecule is O=C(Cc1nc2ccccc2[nH]1)Cc1nc2ccccc2[nH]1. The topological polar surface area (TPSA) is 74.4 Å². The summed E-state index contributed by atoms with van der Waals surface area (Å²) in [5, 5.41) is 0. The van der Waals surface area contributed by atoms with Crippen LogP contribution in [0.15, 0.2) is 48.5 Å². The van der Waals surface area contributed by atoms with Gasteiger partial charge in [-0.05, 0) is 24.3 Å². The van der Waals surface area contributed by atoms with E-state index in [-0.39, 0.29) is 18.6 Å². The highest BCUT2D eigenvalue weighted by molar-refractivity contribution is 5.84. The van der Waals surface area contributed by atoms with E-state index in [9.17, 15) is 4.79 Å². The molecular formula is C17H14N4O. The minimum atomic E-state index is 0.0816. The number of nitrogens with one attached hydrogen (secondary N) is 2. The molecule has 0 saturated carbocycles. The average Bonchev–Trinajstić information content (AvgIpc) is 3.08. The summed E-state index contributed by atoms with van der Waals surface area (Å²) < 4.78 is 0. The van der Waals surface area contributed by atoms with Crippen LogP contribution in [0, 0.1) is 0 Å². The number of H-pyrrole nitrogens is 2. The number of fused-ring (bicyclic) bond motifs is 2. The first-order valence-corrected chi connectivity index (χ1v) is 7.17. The van der Waals surface area contributed by atoms with E-state index in [1.165, 1.54) is 0 Å². The molecule has 0 radical (unpaired) electrons. The fourth-order valence-corrected chi connectivity index (χ4v) is 2.61. The van der Waals surface area contributed by atoms with Crippen LogP contribution >= 0.6 is 0 Å². The number of aromatic amines is 2. The van der Waals surface area contributed by atoms with Gasteiger partial charge in [0.15, 0.2) is 0 Å². The average molecular weight is 290 g/mol. The molecule has 0 aliphatic heterocycles. The van der Waals surface area contributed by atoms with Crippen LogP contribution < -0.4 is 0 Å². The van der Waals surface area contributed by atoms with Crippen molar-refractivity contribution in [1.29, 1.82) is 0 Å². The number of aromatic nitrogens is 4. The smallest absolute Gasteiger partial charge is 0.147 e. The molecule has 0 aliphatic carbocycles. The first kappa shape index (κ1) is 12.8. The molecule has 22 heavy (non-hydrogen) atoms. The molecule has 2 heterocycles. The van der Waals surface area contributed by atoms with Crippen molar-refractivity contribution < 1.29 is 4.79 Å². The first-order valence-electron chi connectivity index (χ1n) is 7.17. The normalized spacial score (nSPS) is 11.3. The predicted molar refractivity (Wildman–Crippen MR) is 84.6 cm³/mol. The number of hydrogen-bond donors (Lipinski definition) is 2. The molecule has 4 rings (SSSR count). The largest absolute Gasteiger partial charge is 0.342 e. The van der Waals surface area contributed by atoms with Crippen molar-refractivity contribution in [2.45, 2.75) is 12.8 Å². The summed E-state index contributed by atoms with van der Waals surface area (Å²) in [5.41, 5.74) is 3.67. The van der Waals surface area contributed by atoms with Gasteiger partial charge in [-0.3, -0.25) is 4.79 Å². The van der Waals surface area contributed by atoms with E-state index in [1.54, 1.807) is 0 Å². The monoisotopic (exact) mass is 290 g/mol. The zero-order chi connectivity index (χ0) is 14.9. The standard InChI is InChI=1S/C17H14N4O/c22-11(9-16-18-12-5-1-2-6-13(12)19-16)10-17-20-14-7-3-4-8-15(14)21-17/h1-8H,9-10H2,(H,18,19)(H,20,21). The fourth-order valence-electron chi connectivity index (χ4n) is 2.61. The van der Waals surface area contributed by atoms with E-state index < -0.39 is 0 Å². The molecule has 5 nitrogen and oxygen atoms in total. The maximum atomic E-state index is 12.2. The molecule has 108 valence electrons. The van der Waals surface area contributed by atoms with Crippen molar-refractivity contribution in [1.82, 2.24) is 19.9 Å². The highest BCUT2D eigenvalue weighted by Crippen LogP contribution is 2.13. The fraction of sp³-hybridized carbons (Fsp3) is 0.118. The summed E-state index contributed by atoms with van der Waals surface area (Å²) >= 11 is 0. The van der Waals surface area contributed by atoms with Gasteiger partial charge >= 0.3 is 0 Å². The van der Waals surface area contributed by atoms with Gasteiger partial charge in [0.2, 0.25) is 0 Å². The number of rotatable bonds is 4. The molecule has 0 amide bonds. The Balaban J connectivity index is 1.52. The zero-order valence-electron chi connectivity index (χ0n) is 11.8. The van der Waals surface area contributed by atoms with Crippen molar-refractivity contribution in [3.8, 4) is 0 Å². The Labute approximate surface area is 126 Å². The van der Waals surface area contributed by atoms with Gasteiger partial charge in [-0.25, -0.2) is 9.97 Å². The first-order chi connectivity index (χ1) is 10.8. The second-order valence-electron chi connectivity index (χ2n) is 5.29. The number of ketones is 1. The van der Waals surface area contributed by atoms with Gasteiger partial charge in [0, 0.05) is 0 Å². The molecule has 2 aromatic heterocycles. The Kier molecular flexibility index (Phi) is 2.96. The summed E-state index contributed by atoms with van der Waals surface area (Å²) in [7, 11) is 0. The van der Waals surface area contributed by atoms with Crippen molar-refractivity contribution in [3.63, 3.8) is 0 Å². The third kappa shape index (κ3) is 2.37. The van der Waals surface area contributed by atoms with Gasteiger partial charge in [0.1, 0.15) is 17.4 Å². The lowest BCUT2D eigenvalue weighted by Gasteiger charge is -1.95. The second kappa shape index (κ2) is 5.11. The summed E-state index contributed by atoms with van der Waals surface area (Å²) in [6.45, 7) is 0. The molecule has 0 aliphatic rings. The minimum absolute atomic E-state index is 0.0816. The second-order valence-corrected chi connectivity index (χ2v) is 5.29. The van der Waals surface area contributed by atoms with E-state index >= 15 is 0 Å². The van der Waals surface area contributed by atoms with Crippen molar-refractivity contribution in [2.24, 2.45) is 0 Å². The van der Waals surface area contributed by atoms with Crippen LogP contribution in [0.1, 0.15) is 11.6 Å². The maximum absolute atomic E-state index is 12.2. The Hall–Kier alpha value is -2.95. The summed E-state index contributed by atoms with van der Waals surface area (Å²) in [6, 6.07) is 15.5. The maximum Gasteiger partial charge on any atom is 0.147 e. The summed E-state index contributed by atoms with van der Waals surface area (Å²) in [6.07, 6.45) is 0.567. The number of para-hydroxylation sites is 4. The van der Waals surface area contributed by atoms with Crippen LogP contribution in [0.25, 0.3) is 22.1 Å². The third-order valence-corrected chi connectivity index (χ3v) is 3.61. The molecule has 4 aromatic rings. The number of carbonyl (C=O) groups is 1. The zero-order valence-corrected chi connectivity index (χ0v) is 11.8. The summed E-state index contributed by atoms with van der Waals surface area (Å²) in [5.74, 6) is 1.47. The lowest BCUT2D eigenvalue weighted by atomic mass is 10.2. The van der Waals surface area contributed by atoms with Crippen LogP contribution in [0.4, 0.5) is 0 Å². The lowest BCUT2D eigenvalue weighted by molar-refractivity contribution is -0.118. The van der Waals surface area contributed by atoms with Crippen molar-refractivity contribution >= 4 is 27.9 Å². The molecule has 0 atom stereocenters. The molecule has 2 N–H and O–H groups in total. The molecule has 0 spiro atoms. The van der Waals surface area contributed by atoms with Gasteiger partial charge in [0.25, 0.3) is 0 Å². The minimum Gasteiger partial charge on any atom is -0.342 e. The molecule has 0 unspecified atom stereocenters. The van der Waals surface area contributed by atoms with E-state index in [1.807, 2.05) is 48.5 Å². The highest BCUT2D eigenvalue weighted by atomic mass is 16.1. The van der Waals surface area contributed by atoms with E-state index in [0.717, 1.165) is 22.1 Å². The van der Waals surface area contributed by atoms with E-state index in [0.29, 0.717) is 11.6 Å². The third-order valence-electron chi connectivity index (χ3n) is 3.61. The number of hydrogen-bond acceptors (Lipinski definition) is 3. The van der Waals surface area contributed by atoms with Crippen molar-refractivity contribution in [3.05, 3.63) is 60.2 Å². The number of Topliss-reactive ketones (excluding diaryl/α,β-unsaturated/α-hetero) is 1. The van der Waals surface area contributed by atoms with Crippen LogP contribution in [0.3, 0.4) is 0 Å². The van der Waals surface area contributed by atoms with Crippen LogP contribution in [-0.2, 0) is 17.6 Å². The Morgan fingerprint density at radius 1 is 0.773 bits per heavy atom. The molecule has 5 heteroatoms. The number of nitrogens with zero attached hydrogens (tertiary/aromatic N) is 2. The number of benzene rings is 2. The van der Waals surface area contributed by atoms with E-state index in [4.69, 9.17) is 0 Å². The quantitative estimate of drug-likeness (QED) is 0.607. The Bertz CT molecular complexity index is 823. The van der Waals surface area contributed by atoms with Gasteiger partial charge in [0.05, 0.1) is 34.9 Å². The molecule has 0 bridgehead atoms. The molecular weight excluding hydrogens is 276 g/mol. The van der Waals surface area contributed by atoms with E-state index in [2.05, 4.69) is 19.9 Å². The molecule has 0 saturated heterocycles. The highest BCUT2D eigenvalue weighted by Gasteiger charge is 2.11. The van der Waals surface area contributed by atoms with Crippen LogP contribution in [-0.4, -0.2) is 25.7 Å². The Morgan fingerprint density at radius 3 is 1.68 bits per heavy atom. The van der Waals surface area contributed by atoms with Gasteiger partial charge in [-0.1, -0.05) is 24.3 Å². The Morgan fingerprint density at radius 2 is 1.23 bits per heavy atom. The number of imidazole rings is 2. The van der Waals surface area contributed by atoms with Crippen LogP contribution in [0.2, 0.25) is 0 Å². The molecule has 0 fully saturated rings. The van der Waals surface area contributed by atoms with Gasteiger partial charge in [-0.15, -0.1) is 0 Å². The van der Waals surface area contributed by atoms with Crippen LogP contribution in [0.5, 0.6) is 0 Å². The van der Waals surface area contributed by atoms with Gasteiger partial charge in [-0.2, -0.15) is 0 Å². The lowest BCUT2D eigenvalue weighted by Crippen LogP contribution is -2.08. The van der Waals surface area contributed by atoms with Crippen molar-refractivity contribution in [2.75, 3.05) is 0 Å². The van der Waals surface area contributed by atoms with Gasteiger partial charge < -0.3 is 9.97 Å².